The second-order valence-electron chi connectivity index (χ2n) is 5.64. The van der Waals surface area contributed by atoms with Crippen molar-refractivity contribution in [3.05, 3.63) is 63.1 Å². The highest BCUT2D eigenvalue weighted by Gasteiger charge is 2.10. The van der Waals surface area contributed by atoms with Gasteiger partial charge in [-0.1, -0.05) is 39.7 Å². The summed E-state index contributed by atoms with van der Waals surface area (Å²) in [7, 11) is 0. The van der Waals surface area contributed by atoms with E-state index in [-0.39, 0.29) is 6.04 Å². The fourth-order valence-corrected chi connectivity index (χ4v) is 2.93. The van der Waals surface area contributed by atoms with Gasteiger partial charge in [0.25, 0.3) is 0 Å². The lowest BCUT2D eigenvalue weighted by molar-refractivity contribution is 0.716. The maximum absolute atomic E-state index is 5.43. The van der Waals surface area contributed by atoms with Gasteiger partial charge >= 0.3 is 0 Å². The van der Waals surface area contributed by atoms with Crippen LogP contribution in [0.3, 0.4) is 0 Å². The molecule has 0 aliphatic carbocycles. The van der Waals surface area contributed by atoms with Crippen molar-refractivity contribution in [2.75, 3.05) is 5.32 Å². The van der Waals surface area contributed by atoms with E-state index in [2.05, 4.69) is 78.5 Å². The van der Waals surface area contributed by atoms with E-state index in [0.29, 0.717) is 5.11 Å². The zero-order valence-electron chi connectivity index (χ0n) is 13.3. The van der Waals surface area contributed by atoms with Crippen LogP contribution in [-0.2, 0) is 0 Å². The molecule has 0 fully saturated rings. The molecule has 2 aromatic carbocycles. The summed E-state index contributed by atoms with van der Waals surface area (Å²) in [6, 6.07) is 12.8. The minimum absolute atomic E-state index is 0.163. The highest BCUT2D eigenvalue weighted by molar-refractivity contribution is 9.10. The predicted molar refractivity (Wildman–Crippen MR) is 103 cm³/mol. The summed E-state index contributed by atoms with van der Waals surface area (Å²) in [5.74, 6) is 0. The van der Waals surface area contributed by atoms with Crippen LogP contribution in [0.25, 0.3) is 0 Å². The summed E-state index contributed by atoms with van der Waals surface area (Å²) >= 11 is 8.94. The average molecular weight is 377 g/mol. The van der Waals surface area contributed by atoms with E-state index in [4.69, 9.17) is 12.2 Å². The Morgan fingerprint density at radius 2 is 1.77 bits per heavy atom. The summed E-state index contributed by atoms with van der Waals surface area (Å²) < 4.78 is 1.10. The lowest BCUT2D eigenvalue weighted by atomic mass is 10.0. The molecular weight excluding hydrogens is 356 g/mol. The van der Waals surface area contributed by atoms with Gasteiger partial charge in [-0.05, 0) is 74.8 Å². The topological polar surface area (TPSA) is 24.1 Å². The Labute approximate surface area is 146 Å². The van der Waals surface area contributed by atoms with Crippen LogP contribution >= 0.6 is 28.1 Å². The molecule has 1 atom stereocenters. The predicted octanol–water partition coefficient (Wildman–Crippen LogP) is 5.42. The van der Waals surface area contributed by atoms with Crippen molar-refractivity contribution < 1.29 is 0 Å². The van der Waals surface area contributed by atoms with E-state index < -0.39 is 0 Å². The van der Waals surface area contributed by atoms with E-state index in [9.17, 15) is 0 Å². The number of hydrogen-bond acceptors (Lipinski definition) is 1. The molecule has 2 N–H and O–H groups in total. The molecule has 4 heteroatoms. The molecule has 0 aliphatic heterocycles. The molecule has 22 heavy (non-hydrogen) atoms. The van der Waals surface area contributed by atoms with Crippen molar-refractivity contribution in [1.29, 1.82) is 0 Å². The van der Waals surface area contributed by atoms with Crippen LogP contribution in [0.15, 0.2) is 40.9 Å². The molecule has 0 saturated heterocycles. The summed E-state index contributed by atoms with van der Waals surface area (Å²) in [5.41, 5.74) is 5.97. The van der Waals surface area contributed by atoms with Crippen molar-refractivity contribution in [1.82, 2.24) is 5.32 Å². The number of hydrogen-bond donors (Lipinski definition) is 2. The van der Waals surface area contributed by atoms with Gasteiger partial charge in [-0.3, -0.25) is 0 Å². The molecule has 0 radical (unpaired) electrons. The molecule has 0 bridgehead atoms. The molecule has 2 nitrogen and oxygen atoms in total. The fraction of sp³-hybridized carbons (Fsp3) is 0.278. The van der Waals surface area contributed by atoms with Crippen LogP contribution < -0.4 is 10.6 Å². The second-order valence-corrected chi connectivity index (χ2v) is 6.91. The van der Waals surface area contributed by atoms with Gasteiger partial charge < -0.3 is 10.6 Å². The third-order valence-corrected chi connectivity index (χ3v) is 4.77. The lowest BCUT2D eigenvalue weighted by Gasteiger charge is -2.20. The van der Waals surface area contributed by atoms with E-state index in [1.54, 1.807) is 0 Å². The smallest absolute Gasteiger partial charge is 0.171 e. The van der Waals surface area contributed by atoms with Gasteiger partial charge in [-0.2, -0.15) is 0 Å². The number of anilines is 1. The highest BCUT2D eigenvalue weighted by atomic mass is 79.9. The first kappa shape index (κ1) is 17.0. The zero-order valence-corrected chi connectivity index (χ0v) is 15.7. The monoisotopic (exact) mass is 376 g/mol. The standard InChI is InChI=1S/C18H21BrN2S/c1-11-5-6-12(2)16(9-11)14(4)20-18(22)21-15-7-8-17(19)13(3)10-15/h5-10,14H,1-4H3,(H2,20,21,22). The van der Waals surface area contributed by atoms with Crippen LogP contribution in [0.5, 0.6) is 0 Å². The highest BCUT2D eigenvalue weighted by Crippen LogP contribution is 2.21. The molecule has 0 saturated carbocycles. The summed E-state index contributed by atoms with van der Waals surface area (Å²) in [6.07, 6.45) is 0. The number of aryl methyl sites for hydroxylation is 3. The molecule has 2 rings (SSSR count). The molecule has 2 aromatic rings. The Morgan fingerprint density at radius 3 is 2.45 bits per heavy atom. The van der Waals surface area contributed by atoms with Crippen LogP contribution in [0, 0.1) is 20.8 Å². The number of nitrogens with one attached hydrogen (secondary N) is 2. The number of rotatable bonds is 3. The molecular formula is C18H21BrN2S. The van der Waals surface area contributed by atoms with Crippen LogP contribution in [0.1, 0.15) is 35.2 Å². The first-order chi connectivity index (χ1) is 10.4. The molecule has 0 spiro atoms. The Balaban J connectivity index is 2.05. The molecule has 0 heterocycles. The summed E-state index contributed by atoms with van der Waals surface area (Å²) in [4.78, 5) is 0. The van der Waals surface area contributed by atoms with Gasteiger partial charge in [0.2, 0.25) is 0 Å². The van der Waals surface area contributed by atoms with Crippen molar-refractivity contribution >= 4 is 38.9 Å². The van der Waals surface area contributed by atoms with Gasteiger partial charge in [0.15, 0.2) is 5.11 Å². The maximum Gasteiger partial charge on any atom is 0.171 e. The zero-order chi connectivity index (χ0) is 16.3. The lowest BCUT2D eigenvalue weighted by Crippen LogP contribution is -2.31. The van der Waals surface area contributed by atoms with Crippen molar-refractivity contribution in [3.8, 4) is 0 Å². The number of benzene rings is 2. The van der Waals surface area contributed by atoms with Gasteiger partial charge in [-0.15, -0.1) is 0 Å². The Kier molecular flexibility index (Phi) is 5.59. The van der Waals surface area contributed by atoms with E-state index in [0.717, 1.165) is 10.2 Å². The van der Waals surface area contributed by atoms with Gasteiger partial charge in [0, 0.05) is 10.2 Å². The fourth-order valence-electron chi connectivity index (χ4n) is 2.39. The molecule has 0 aromatic heterocycles. The number of thiocarbonyl (C=S) groups is 1. The largest absolute Gasteiger partial charge is 0.356 e. The van der Waals surface area contributed by atoms with Crippen molar-refractivity contribution in [2.45, 2.75) is 33.7 Å². The molecule has 0 amide bonds. The van der Waals surface area contributed by atoms with Gasteiger partial charge in [0.1, 0.15) is 0 Å². The Hall–Kier alpha value is -1.39. The first-order valence-electron chi connectivity index (χ1n) is 7.27. The van der Waals surface area contributed by atoms with E-state index in [1.165, 1.54) is 22.3 Å². The summed E-state index contributed by atoms with van der Waals surface area (Å²) in [5, 5.41) is 7.23. The number of halogens is 1. The van der Waals surface area contributed by atoms with E-state index in [1.807, 2.05) is 12.1 Å². The molecule has 116 valence electrons. The quantitative estimate of drug-likeness (QED) is 0.699. The molecule has 1 unspecified atom stereocenters. The summed E-state index contributed by atoms with van der Waals surface area (Å²) in [6.45, 7) is 8.42. The van der Waals surface area contributed by atoms with Crippen molar-refractivity contribution in [2.24, 2.45) is 0 Å². The van der Waals surface area contributed by atoms with Crippen molar-refractivity contribution in [3.63, 3.8) is 0 Å². The third-order valence-electron chi connectivity index (χ3n) is 3.66. The van der Waals surface area contributed by atoms with E-state index >= 15 is 0 Å². The van der Waals surface area contributed by atoms with Crippen LogP contribution in [0.4, 0.5) is 5.69 Å². The van der Waals surface area contributed by atoms with Gasteiger partial charge in [-0.25, -0.2) is 0 Å². The minimum Gasteiger partial charge on any atom is -0.356 e. The normalized spacial score (nSPS) is 11.9. The average Bonchev–Trinajstić information content (AvgIpc) is 2.45. The first-order valence-corrected chi connectivity index (χ1v) is 8.48. The Bertz CT molecular complexity index is 697. The van der Waals surface area contributed by atoms with Crippen LogP contribution in [0.2, 0.25) is 0 Å². The Morgan fingerprint density at radius 1 is 1.05 bits per heavy atom. The maximum atomic E-state index is 5.43. The minimum atomic E-state index is 0.163. The van der Waals surface area contributed by atoms with Crippen LogP contribution in [-0.4, -0.2) is 5.11 Å². The van der Waals surface area contributed by atoms with Gasteiger partial charge in [0.05, 0.1) is 6.04 Å². The second kappa shape index (κ2) is 7.25. The third kappa shape index (κ3) is 4.31. The molecule has 0 aliphatic rings. The SMILES string of the molecule is Cc1ccc(C)c(C(C)NC(=S)Nc2ccc(Br)c(C)c2)c1.